The van der Waals surface area contributed by atoms with Gasteiger partial charge in [0.05, 0.1) is 0 Å². The van der Waals surface area contributed by atoms with Crippen LogP contribution in [0.5, 0.6) is 0 Å². The van der Waals surface area contributed by atoms with Gasteiger partial charge in [0.15, 0.2) is 0 Å². The van der Waals surface area contributed by atoms with E-state index in [0.29, 0.717) is 0 Å². The Morgan fingerprint density at radius 1 is 1.23 bits per heavy atom. The summed E-state index contributed by atoms with van der Waals surface area (Å²) in [4.78, 5) is 0. The molecule has 0 atom stereocenters. The van der Waals surface area contributed by atoms with Gasteiger partial charge in [0, 0.05) is 0 Å². The van der Waals surface area contributed by atoms with Crippen LogP contribution < -0.4 is 0 Å². The molecule has 0 unspecified atom stereocenters. The second-order valence-corrected chi connectivity index (χ2v) is 3.29. The molecule has 0 fully saturated rings. The first-order valence-electron chi connectivity index (χ1n) is 5.04. The van der Waals surface area contributed by atoms with E-state index in [0.717, 1.165) is 0 Å². The Balaban J connectivity index is 2.43. The van der Waals surface area contributed by atoms with Crippen LogP contribution in [0.4, 0.5) is 0 Å². The van der Waals surface area contributed by atoms with Gasteiger partial charge in [0.1, 0.15) is 0 Å². The SMILES string of the molecule is C/C=C(/CC)CCc1ccccc1. The first kappa shape index (κ1) is 10.0. The number of hydrogen-bond acceptors (Lipinski definition) is 0. The van der Waals surface area contributed by atoms with Crippen molar-refractivity contribution in [2.24, 2.45) is 0 Å². The Morgan fingerprint density at radius 2 is 1.92 bits per heavy atom. The topological polar surface area (TPSA) is 0 Å². The van der Waals surface area contributed by atoms with Crippen molar-refractivity contribution in [1.29, 1.82) is 0 Å². The molecule has 0 heteroatoms. The second kappa shape index (κ2) is 5.58. The summed E-state index contributed by atoms with van der Waals surface area (Å²) >= 11 is 0. The summed E-state index contributed by atoms with van der Waals surface area (Å²) < 4.78 is 0. The van der Waals surface area contributed by atoms with Crippen molar-refractivity contribution in [3.05, 3.63) is 47.5 Å². The highest BCUT2D eigenvalue weighted by atomic mass is 14.0. The number of allylic oxidation sites excluding steroid dienone is 2. The maximum atomic E-state index is 2.24. The molecule has 1 rings (SSSR count). The van der Waals surface area contributed by atoms with Crippen LogP contribution in [0, 0.1) is 0 Å². The second-order valence-electron chi connectivity index (χ2n) is 3.29. The van der Waals surface area contributed by atoms with Crippen molar-refractivity contribution in [3.8, 4) is 0 Å². The lowest BCUT2D eigenvalue weighted by Gasteiger charge is -2.03. The number of rotatable bonds is 4. The Kier molecular flexibility index (Phi) is 4.31. The molecule has 1 aromatic rings. The molecule has 0 aliphatic rings. The van der Waals surface area contributed by atoms with Gasteiger partial charge in [-0.1, -0.05) is 48.9 Å². The van der Waals surface area contributed by atoms with Gasteiger partial charge < -0.3 is 0 Å². The maximum absolute atomic E-state index is 2.24. The summed E-state index contributed by atoms with van der Waals surface area (Å²) in [5, 5.41) is 0. The minimum atomic E-state index is 1.17. The monoisotopic (exact) mass is 174 g/mol. The van der Waals surface area contributed by atoms with Crippen molar-refractivity contribution in [2.45, 2.75) is 33.1 Å². The zero-order chi connectivity index (χ0) is 9.52. The van der Waals surface area contributed by atoms with E-state index in [1.165, 1.54) is 24.8 Å². The van der Waals surface area contributed by atoms with Crippen LogP contribution in [0.15, 0.2) is 42.0 Å². The lowest BCUT2D eigenvalue weighted by molar-refractivity contribution is 0.882. The molecular formula is C13H18. The van der Waals surface area contributed by atoms with E-state index in [4.69, 9.17) is 0 Å². The summed E-state index contributed by atoms with van der Waals surface area (Å²) in [5.41, 5.74) is 3.00. The maximum Gasteiger partial charge on any atom is -0.0241 e. The van der Waals surface area contributed by atoms with Gasteiger partial charge in [-0.25, -0.2) is 0 Å². The molecule has 1 aromatic carbocycles. The van der Waals surface area contributed by atoms with E-state index in [1.54, 1.807) is 5.57 Å². The number of benzene rings is 1. The Labute approximate surface area is 81.3 Å². The van der Waals surface area contributed by atoms with Gasteiger partial charge in [-0.15, -0.1) is 0 Å². The first-order valence-corrected chi connectivity index (χ1v) is 5.04. The molecule has 0 saturated heterocycles. The third kappa shape index (κ3) is 3.45. The van der Waals surface area contributed by atoms with Crippen molar-refractivity contribution in [1.82, 2.24) is 0 Å². The molecule has 0 N–H and O–H groups in total. The van der Waals surface area contributed by atoms with Crippen LogP contribution in [0.25, 0.3) is 0 Å². The summed E-state index contributed by atoms with van der Waals surface area (Å²) in [6.07, 6.45) is 5.80. The Morgan fingerprint density at radius 3 is 2.46 bits per heavy atom. The highest BCUT2D eigenvalue weighted by molar-refractivity contribution is 5.16. The average molecular weight is 174 g/mol. The molecule has 0 aliphatic heterocycles. The fourth-order valence-corrected chi connectivity index (χ4v) is 1.47. The summed E-state index contributed by atoms with van der Waals surface area (Å²) in [5.74, 6) is 0. The van der Waals surface area contributed by atoms with Crippen molar-refractivity contribution in [2.75, 3.05) is 0 Å². The number of aryl methyl sites for hydroxylation is 1. The van der Waals surface area contributed by atoms with Gasteiger partial charge in [-0.2, -0.15) is 0 Å². The Hall–Kier alpha value is -1.04. The van der Waals surface area contributed by atoms with Crippen molar-refractivity contribution >= 4 is 0 Å². The standard InChI is InChI=1S/C13H18/c1-3-12(4-2)10-11-13-8-6-5-7-9-13/h3,5-9H,4,10-11H2,1-2H3/b12-3-. The van der Waals surface area contributed by atoms with E-state index in [2.05, 4.69) is 50.3 Å². The third-order valence-corrected chi connectivity index (χ3v) is 2.44. The van der Waals surface area contributed by atoms with E-state index in [1.807, 2.05) is 0 Å². The van der Waals surface area contributed by atoms with Crippen LogP contribution in [0.2, 0.25) is 0 Å². The summed E-state index contributed by atoms with van der Waals surface area (Å²) in [6, 6.07) is 10.7. The lowest BCUT2D eigenvalue weighted by Crippen LogP contribution is -1.87. The van der Waals surface area contributed by atoms with E-state index in [9.17, 15) is 0 Å². The van der Waals surface area contributed by atoms with Crippen LogP contribution in [-0.4, -0.2) is 0 Å². The van der Waals surface area contributed by atoms with Crippen LogP contribution in [-0.2, 0) is 6.42 Å². The smallest absolute Gasteiger partial charge is 0.0241 e. The molecule has 0 bridgehead atoms. The molecule has 13 heavy (non-hydrogen) atoms. The highest BCUT2D eigenvalue weighted by Gasteiger charge is 1.94. The van der Waals surface area contributed by atoms with Gasteiger partial charge in [0.25, 0.3) is 0 Å². The minimum absolute atomic E-state index is 1.17. The highest BCUT2D eigenvalue weighted by Crippen LogP contribution is 2.11. The first-order chi connectivity index (χ1) is 6.36. The fraction of sp³-hybridized carbons (Fsp3) is 0.385. The minimum Gasteiger partial charge on any atom is -0.0885 e. The van der Waals surface area contributed by atoms with Crippen molar-refractivity contribution in [3.63, 3.8) is 0 Å². The van der Waals surface area contributed by atoms with E-state index < -0.39 is 0 Å². The zero-order valence-corrected chi connectivity index (χ0v) is 8.59. The molecule has 70 valence electrons. The molecule has 0 spiro atoms. The van der Waals surface area contributed by atoms with Crippen LogP contribution >= 0.6 is 0 Å². The lowest BCUT2D eigenvalue weighted by atomic mass is 10.0. The number of hydrogen-bond donors (Lipinski definition) is 0. The van der Waals surface area contributed by atoms with Gasteiger partial charge in [-0.3, -0.25) is 0 Å². The summed E-state index contributed by atoms with van der Waals surface area (Å²) in [7, 11) is 0. The molecule has 0 aliphatic carbocycles. The van der Waals surface area contributed by atoms with Gasteiger partial charge in [-0.05, 0) is 31.7 Å². The molecule has 0 heterocycles. The van der Waals surface area contributed by atoms with Crippen LogP contribution in [0.1, 0.15) is 32.3 Å². The fourth-order valence-electron chi connectivity index (χ4n) is 1.47. The zero-order valence-electron chi connectivity index (χ0n) is 8.59. The van der Waals surface area contributed by atoms with E-state index >= 15 is 0 Å². The van der Waals surface area contributed by atoms with E-state index in [-0.39, 0.29) is 0 Å². The molecular weight excluding hydrogens is 156 g/mol. The molecule has 0 saturated carbocycles. The molecule has 0 nitrogen and oxygen atoms in total. The van der Waals surface area contributed by atoms with Crippen LogP contribution in [0.3, 0.4) is 0 Å². The normalized spacial score (nSPS) is 11.7. The van der Waals surface area contributed by atoms with Gasteiger partial charge in [0.2, 0.25) is 0 Å². The summed E-state index contributed by atoms with van der Waals surface area (Å²) in [6.45, 7) is 4.35. The predicted molar refractivity (Wildman–Crippen MR) is 58.8 cm³/mol. The predicted octanol–water partition coefficient (Wildman–Crippen LogP) is 3.98. The Bertz CT molecular complexity index is 257. The molecule has 0 aromatic heterocycles. The molecule has 0 radical (unpaired) electrons. The van der Waals surface area contributed by atoms with Gasteiger partial charge >= 0.3 is 0 Å². The quantitative estimate of drug-likeness (QED) is 0.606. The van der Waals surface area contributed by atoms with Crippen molar-refractivity contribution < 1.29 is 0 Å². The molecule has 0 amide bonds. The third-order valence-electron chi connectivity index (χ3n) is 2.44. The largest absolute Gasteiger partial charge is 0.0885 e. The average Bonchev–Trinajstić information content (AvgIpc) is 2.21.